The minimum absolute atomic E-state index is 0.243. The lowest BCUT2D eigenvalue weighted by molar-refractivity contribution is 0.248. The molecule has 12 heteroatoms. The Morgan fingerprint density at radius 2 is 1.82 bits per heavy atom. The molecule has 2 N–H and O–H groups in total. The van der Waals surface area contributed by atoms with Gasteiger partial charge in [0.15, 0.2) is 5.65 Å². The first-order valence-corrected chi connectivity index (χ1v) is 12.7. The molecular formula is C27H25FN10O. The molecule has 5 aromatic heterocycles. The van der Waals surface area contributed by atoms with Crippen molar-refractivity contribution < 1.29 is 8.81 Å². The molecule has 0 unspecified atom stereocenters. The van der Waals surface area contributed by atoms with E-state index >= 15 is 0 Å². The van der Waals surface area contributed by atoms with Crippen LogP contribution >= 0.6 is 0 Å². The molecule has 1 fully saturated rings. The zero-order valence-corrected chi connectivity index (χ0v) is 21.0. The first kappa shape index (κ1) is 23.3. The number of halogens is 1. The van der Waals surface area contributed by atoms with Crippen molar-refractivity contribution in [3.8, 4) is 23.0 Å². The van der Waals surface area contributed by atoms with Gasteiger partial charge in [-0.15, -0.1) is 5.10 Å². The van der Waals surface area contributed by atoms with Gasteiger partial charge in [0.25, 0.3) is 0 Å². The van der Waals surface area contributed by atoms with E-state index in [0.29, 0.717) is 28.7 Å². The Hall–Kier alpha value is -4.84. The van der Waals surface area contributed by atoms with Gasteiger partial charge < -0.3 is 19.6 Å². The Bertz CT molecular complexity index is 1750. The highest BCUT2D eigenvalue weighted by molar-refractivity contribution is 5.91. The number of piperazine rings is 1. The van der Waals surface area contributed by atoms with Crippen molar-refractivity contribution in [2.45, 2.75) is 6.54 Å². The minimum Gasteiger partial charge on any atom is -0.445 e. The topological polar surface area (TPSA) is 119 Å². The molecule has 0 bridgehead atoms. The van der Waals surface area contributed by atoms with Crippen LogP contribution in [-0.4, -0.2) is 71.7 Å². The van der Waals surface area contributed by atoms with Gasteiger partial charge >= 0.3 is 0 Å². The smallest absolute Gasteiger partial charge is 0.225 e. The molecule has 0 aliphatic carbocycles. The highest BCUT2D eigenvalue weighted by atomic mass is 19.1. The number of hydrogen-bond donors (Lipinski definition) is 1. The van der Waals surface area contributed by atoms with Crippen molar-refractivity contribution in [1.29, 1.82) is 0 Å². The Morgan fingerprint density at radius 3 is 2.62 bits per heavy atom. The fraction of sp³-hybridized carbons (Fsp3) is 0.222. The molecule has 1 aliphatic rings. The molecule has 0 saturated carbocycles. The SMILES string of the molecule is Nc1nc2c(ccn2CCN2CCN(c3cc(-c4ncco4)ccc3F)CC2)c2nc(-c3ccccn3)nn12. The highest BCUT2D eigenvalue weighted by Crippen LogP contribution is 2.28. The summed E-state index contributed by atoms with van der Waals surface area (Å²) in [6.07, 6.45) is 6.82. The molecule has 0 atom stereocenters. The Morgan fingerprint density at radius 1 is 0.923 bits per heavy atom. The summed E-state index contributed by atoms with van der Waals surface area (Å²) in [4.78, 5) is 22.3. The van der Waals surface area contributed by atoms with Crippen LogP contribution in [0.5, 0.6) is 0 Å². The highest BCUT2D eigenvalue weighted by Gasteiger charge is 2.21. The second-order valence-electron chi connectivity index (χ2n) is 9.43. The molecule has 11 nitrogen and oxygen atoms in total. The zero-order valence-electron chi connectivity index (χ0n) is 21.0. The van der Waals surface area contributed by atoms with E-state index in [4.69, 9.17) is 15.1 Å². The van der Waals surface area contributed by atoms with Crippen LogP contribution in [0.25, 0.3) is 39.7 Å². The van der Waals surface area contributed by atoms with Gasteiger partial charge in [0.05, 0.1) is 17.3 Å². The number of nitrogens with zero attached hydrogens (tertiary/aromatic N) is 9. The fourth-order valence-corrected chi connectivity index (χ4v) is 5.06. The van der Waals surface area contributed by atoms with Crippen LogP contribution in [0.1, 0.15) is 0 Å². The molecule has 7 rings (SSSR count). The van der Waals surface area contributed by atoms with Crippen LogP contribution in [0.3, 0.4) is 0 Å². The number of hydrogen-bond acceptors (Lipinski definition) is 9. The van der Waals surface area contributed by atoms with Crippen molar-refractivity contribution in [3.05, 3.63) is 73.1 Å². The van der Waals surface area contributed by atoms with Crippen LogP contribution in [0.2, 0.25) is 0 Å². The third-order valence-electron chi connectivity index (χ3n) is 7.11. The predicted molar refractivity (Wildman–Crippen MR) is 144 cm³/mol. The largest absolute Gasteiger partial charge is 0.445 e. The maximum Gasteiger partial charge on any atom is 0.225 e. The molecule has 1 aliphatic heterocycles. The standard InChI is InChI=1S/C27H25FN10O/c28-20-5-4-18(26-31-8-16-39-26)17-22(20)36-13-10-35(11-14-36)12-15-37-9-6-19-24(37)33-27(29)38-25(19)32-23(34-38)21-3-1-2-7-30-21/h1-9,16-17H,10-15H2,(H2,29,33). The van der Waals surface area contributed by atoms with Crippen LogP contribution in [0, 0.1) is 5.82 Å². The average Bonchev–Trinajstić information content (AvgIpc) is 3.74. The molecule has 0 radical (unpaired) electrons. The summed E-state index contributed by atoms with van der Waals surface area (Å²) in [6.45, 7) is 4.65. The van der Waals surface area contributed by atoms with Crippen molar-refractivity contribution in [2.24, 2.45) is 0 Å². The molecule has 196 valence electrons. The second-order valence-corrected chi connectivity index (χ2v) is 9.43. The molecule has 6 aromatic rings. The molecule has 1 saturated heterocycles. The number of aromatic nitrogens is 7. The first-order valence-electron chi connectivity index (χ1n) is 12.7. The van der Waals surface area contributed by atoms with Gasteiger partial charge in [0, 0.05) is 57.2 Å². The van der Waals surface area contributed by atoms with Crippen LogP contribution in [-0.2, 0) is 6.54 Å². The van der Waals surface area contributed by atoms with E-state index in [1.807, 2.05) is 36.5 Å². The maximum atomic E-state index is 14.7. The lowest BCUT2D eigenvalue weighted by Gasteiger charge is -2.36. The predicted octanol–water partition coefficient (Wildman–Crippen LogP) is 3.34. The van der Waals surface area contributed by atoms with Crippen LogP contribution in [0.4, 0.5) is 16.0 Å². The van der Waals surface area contributed by atoms with Gasteiger partial charge in [0.2, 0.25) is 17.7 Å². The third-order valence-corrected chi connectivity index (χ3v) is 7.11. The molecule has 6 heterocycles. The summed E-state index contributed by atoms with van der Waals surface area (Å²) in [5.74, 6) is 1.02. The monoisotopic (exact) mass is 524 g/mol. The van der Waals surface area contributed by atoms with E-state index in [1.54, 1.807) is 23.0 Å². The Kier molecular flexibility index (Phi) is 5.66. The Balaban J connectivity index is 1.05. The van der Waals surface area contributed by atoms with Gasteiger partial charge in [-0.2, -0.15) is 9.50 Å². The van der Waals surface area contributed by atoms with Crippen LogP contribution in [0.15, 0.2) is 71.7 Å². The number of pyridine rings is 1. The summed E-state index contributed by atoms with van der Waals surface area (Å²) < 4.78 is 23.7. The van der Waals surface area contributed by atoms with Gasteiger partial charge in [-0.25, -0.2) is 14.4 Å². The summed E-state index contributed by atoms with van der Waals surface area (Å²) in [6, 6.07) is 12.6. The van der Waals surface area contributed by atoms with Crippen molar-refractivity contribution in [3.63, 3.8) is 0 Å². The molecular weight excluding hydrogens is 499 g/mol. The molecule has 39 heavy (non-hydrogen) atoms. The normalized spacial score (nSPS) is 14.5. The number of fused-ring (bicyclic) bond motifs is 3. The van der Waals surface area contributed by atoms with Gasteiger partial charge in [-0.1, -0.05) is 6.07 Å². The van der Waals surface area contributed by atoms with E-state index < -0.39 is 0 Å². The zero-order chi connectivity index (χ0) is 26.3. The summed E-state index contributed by atoms with van der Waals surface area (Å²) >= 11 is 0. The summed E-state index contributed by atoms with van der Waals surface area (Å²) in [7, 11) is 0. The Labute approximate surface area is 222 Å². The number of rotatable bonds is 6. The second kappa shape index (κ2) is 9.48. The molecule has 1 aromatic carbocycles. The minimum atomic E-state index is -0.243. The number of benzene rings is 1. The molecule has 0 amide bonds. The van der Waals surface area contributed by atoms with Gasteiger partial charge in [-0.05, 0) is 36.4 Å². The summed E-state index contributed by atoms with van der Waals surface area (Å²) in [5, 5.41) is 5.40. The van der Waals surface area contributed by atoms with E-state index in [1.165, 1.54) is 12.3 Å². The van der Waals surface area contributed by atoms with Crippen LogP contribution < -0.4 is 10.6 Å². The van der Waals surface area contributed by atoms with E-state index in [2.05, 4.69) is 34.4 Å². The van der Waals surface area contributed by atoms with Crippen molar-refractivity contribution in [1.82, 2.24) is 39.0 Å². The van der Waals surface area contributed by atoms with Gasteiger partial charge in [-0.3, -0.25) is 9.88 Å². The quantitative estimate of drug-likeness (QED) is 0.350. The lowest BCUT2D eigenvalue weighted by Crippen LogP contribution is -2.47. The third kappa shape index (κ3) is 4.24. The summed E-state index contributed by atoms with van der Waals surface area (Å²) in [5.41, 5.74) is 9.70. The van der Waals surface area contributed by atoms with E-state index in [9.17, 15) is 4.39 Å². The number of nitrogens with two attached hydrogens (primary N) is 1. The molecule has 0 spiro atoms. The fourth-order valence-electron chi connectivity index (χ4n) is 5.06. The lowest BCUT2D eigenvalue weighted by atomic mass is 10.1. The number of nitrogen functional groups attached to an aromatic ring is 1. The number of oxazole rings is 1. The van der Waals surface area contributed by atoms with Crippen molar-refractivity contribution >= 4 is 28.3 Å². The first-order chi connectivity index (χ1) is 19.1. The van der Waals surface area contributed by atoms with Gasteiger partial charge in [0.1, 0.15) is 23.4 Å². The van der Waals surface area contributed by atoms with E-state index in [-0.39, 0.29) is 11.8 Å². The number of anilines is 2. The maximum absolute atomic E-state index is 14.7. The average molecular weight is 525 g/mol. The van der Waals surface area contributed by atoms with E-state index in [0.717, 1.165) is 55.9 Å². The van der Waals surface area contributed by atoms with Crippen molar-refractivity contribution in [2.75, 3.05) is 43.4 Å².